The topological polar surface area (TPSA) is 229 Å². The number of carbonyl (C=O) groups excluding carboxylic acids is 4. The molecule has 0 bridgehead atoms. The Labute approximate surface area is 442 Å². The molecule has 1 saturated carbocycles. The molecule has 77 heavy (non-hydrogen) atoms. The lowest BCUT2D eigenvalue weighted by molar-refractivity contribution is -0.143. The summed E-state index contributed by atoms with van der Waals surface area (Å²) in [6, 6.07) is 16.3. The highest BCUT2D eigenvalue weighted by atomic mass is 35.5. The summed E-state index contributed by atoms with van der Waals surface area (Å²) < 4.78 is 71.2. The van der Waals surface area contributed by atoms with E-state index < -0.39 is 109 Å². The molecule has 3 aromatic carbocycles. The van der Waals surface area contributed by atoms with Gasteiger partial charge in [-0.25, -0.2) is 27.5 Å². The second-order valence-corrected chi connectivity index (χ2v) is 19.7. The number of alkyl halides is 2. The van der Waals surface area contributed by atoms with Gasteiger partial charge in [0.1, 0.15) is 53.4 Å². The highest BCUT2D eigenvalue weighted by Gasteiger charge is 2.49. The van der Waals surface area contributed by atoms with Gasteiger partial charge in [0.05, 0.1) is 55.7 Å². The standard InChI is InChI=1S/C54H51ClF4N10O8/c1-53(2,3)48-40(62-31-63-48)24-41-51(74)67(42(49(72)65-41)19-32-9-5-4-6-10-32)15-16-76-17-18-77-30-46(71)66-28-43(69(45(70)29-66)44-20-33(27-60)13-14-61-44)52(75)68(37-22-34(56)21-35(57)23-37)47(38-11-7-8-12-39(38)55)50(73)64-36-25-54(58,59)26-36/h4-14,19-24,31,36,43,47H,15-18,25-26,28-30H2,1-3H3,(H,62,63)(H,64,73)(H,65,72)/b41-24-,42-19-/t43-,47-/m0/s1. The number of imidazole rings is 1. The Morgan fingerprint density at radius 2 is 1.65 bits per heavy atom. The average molecular weight is 1080 g/mol. The lowest BCUT2D eigenvalue weighted by Crippen LogP contribution is -2.65. The van der Waals surface area contributed by atoms with Crippen molar-refractivity contribution in [1.29, 1.82) is 5.26 Å². The van der Waals surface area contributed by atoms with E-state index in [1.54, 1.807) is 30.3 Å². The molecule has 4 heterocycles. The van der Waals surface area contributed by atoms with Gasteiger partial charge in [-0.1, -0.05) is 80.9 Å². The number of hydrogen-bond acceptors (Lipinski definition) is 11. The molecule has 0 radical (unpaired) electrons. The minimum absolute atomic E-state index is 0.00465. The first-order valence-corrected chi connectivity index (χ1v) is 24.6. The molecule has 0 unspecified atom stereocenters. The van der Waals surface area contributed by atoms with Gasteiger partial charge in [-0.15, -0.1) is 0 Å². The maximum atomic E-state index is 15.4. The number of benzene rings is 3. The molecule has 0 spiro atoms. The summed E-state index contributed by atoms with van der Waals surface area (Å²) in [4.78, 5) is 103. The normalized spacial score (nSPS) is 16.5. The van der Waals surface area contributed by atoms with Gasteiger partial charge in [-0.05, 0) is 48.0 Å². The van der Waals surface area contributed by atoms with Gasteiger partial charge in [0.2, 0.25) is 17.7 Å². The number of aromatic nitrogens is 5. The van der Waals surface area contributed by atoms with Gasteiger partial charge < -0.3 is 29.7 Å². The summed E-state index contributed by atoms with van der Waals surface area (Å²) in [5, 5.41) is 12.2. The van der Waals surface area contributed by atoms with Gasteiger partial charge in [0.15, 0.2) is 0 Å². The third-order valence-electron chi connectivity index (χ3n) is 12.7. The number of rotatable bonds is 17. The van der Waals surface area contributed by atoms with Gasteiger partial charge in [-0.3, -0.25) is 43.1 Å². The van der Waals surface area contributed by atoms with Gasteiger partial charge in [-0.2, -0.15) is 5.26 Å². The van der Waals surface area contributed by atoms with Crippen molar-refractivity contribution in [3.63, 3.8) is 0 Å². The van der Waals surface area contributed by atoms with E-state index in [9.17, 15) is 38.0 Å². The van der Waals surface area contributed by atoms with E-state index in [0.717, 1.165) is 27.6 Å². The van der Waals surface area contributed by atoms with Gasteiger partial charge in [0.25, 0.3) is 22.9 Å². The van der Waals surface area contributed by atoms with Crippen LogP contribution in [-0.4, -0.2) is 111 Å². The van der Waals surface area contributed by atoms with Crippen LogP contribution in [-0.2, 0) is 40.6 Å². The van der Waals surface area contributed by atoms with Crippen LogP contribution in [0.1, 0.15) is 67.7 Å². The maximum absolute atomic E-state index is 15.4. The zero-order valence-electron chi connectivity index (χ0n) is 41.8. The Kier molecular flexibility index (Phi) is 16.7. The number of H-pyrrole nitrogens is 2. The molecule has 3 N–H and O–H groups in total. The zero-order chi connectivity index (χ0) is 55.2. The molecule has 1 aliphatic carbocycles. The number of carbonyl (C=O) groups is 4. The van der Waals surface area contributed by atoms with E-state index in [0.29, 0.717) is 22.2 Å². The Morgan fingerprint density at radius 1 is 0.948 bits per heavy atom. The SMILES string of the molecule is CC(C)(C)c1[nH]cnc1/C=c1\[nH]c(=O)/c(=C/c2ccccc2)n(CCOCCOCC(=O)N2CC(=O)N(c3cc(C#N)ccn3)[C@H](C(=O)N(c3cc(F)cc(F)c3)[C@H](C(=O)NC3CC(F)(F)C3)c3ccccc3Cl)C2)c1=O. The molecule has 23 heteroatoms. The first kappa shape index (κ1) is 55.0. The lowest BCUT2D eigenvalue weighted by atomic mass is 9.87. The van der Waals surface area contributed by atoms with E-state index >= 15 is 13.6 Å². The average Bonchev–Trinajstić information content (AvgIpc) is 3.90. The van der Waals surface area contributed by atoms with Crippen LogP contribution < -0.4 is 36.9 Å². The van der Waals surface area contributed by atoms with Crippen molar-refractivity contribution in [2.45, 2.75) is 69.6 Å². The Balaban J connectivity index is 1.02. The van der Waals surface area contributed by atoms with Crippen molar-refractivity contribution >= 4 is 58.9 Å². The second kappa shape index (κ2) is 23.3. The van der Waals surface area contributed by atoms with E-state index in [1.807, 2.05) is 32.9 Å². The fraction of sp³-hybridized carbons (Fsp3) is 0.315. The van der Waals surface area contributed by atoms with Crippen LogP contribution in [0.15, 0.2) is 107 Å². The summed E-state index contributed by atoms with van der Waals surface area (Å²) in [5.74, 6) is -9.59. The third-order valence-corrected chi connectivity index (χ3v) is 13.0. The largest absolute Gasteiger partial charge is 0.377 e. The predicted octanol–water partition coefficient (Wildman–Crippen LogP) is 4.38. The Morgan fingerprint density at radius 3 is 2.34 bits per heavy atom. The van der Waals surface area contributed by atoms with Crippen LogP contribution in [0, 0.1) is 23.0 Å². The minimum atomic E-state index is -3.08. The Hall–Kier alpha value is -8.26. The zero-order valence-corrected chi connectivity index (χ0v) is 42.5. The van der Waals surface area contributed by atoms with Gasteiger partial charge >= 0.3 is 0 Å². The molecule has 2 atom stereocenters. The number of hydrogen-bond donors (Lipinski definition) is 3. The molecule has 18 nitrogen and oxygen atoms in total. The fourth-order valence-electron chi connectivity index (χ4n) is 9.00. The number of amides is 4. The minimum Gasteiger partial charge on any atom is -0.377 e. The molecule has 1 saturated heterocycles. The number of nitrogens with zero attached hydrogens (tertiary/aromatic N) is 7. The summed E-state index contributed by atoms with van der Waals surface area (Å²) in [6.45, 7) is 3.55. The summed E-state index contributed by atoms with van der Waals surface area (Å²) in [5.41, 5.74) is -0.127. The highest BCUT2D eigenvalue weighted by Crippen LogP contribution is 2.40. The summed E-state index contributed by atoms with van der Waals surface area (Å²) in [6.07, 6.45) is 4.32. The molecule has 1 aliphatic heterocycles. The van der Waals surface area contributed by atoms with Crippen molar-refractivity contribution in [3.05, 3.63) is 174 Å². The van der Waals surface area contributed by atoms with Crippen molar-refractivity contribution in [2.24, 2.45) is 0 Å². The van der Waals surface area contributed by atoms with Crippen LogP contribution in [0.4, 0.5) is 29.1 Å². The number of nitrogens with one attached hydrogen (secondary N) is 3. The molecular weight excluding hydrogens is 1030 g/mol. The number of pyridine rings is 1. The van der Waals surface area contributed by atoms with Gasteiger partial charge in [0, 0.05) is 59.4 Å². The molecular formula is C54H51ClF4N10O8. The number of piperazine rings is 1. The number of aromatic amines is 2. The van der Waals surface area contributed by atoms with E-state index in [4.69, 9.17) is 21.1 Å². The quantitative estimate of drug-likeness (QED) is 0.0858. The van der Waals surface area contributed by atoms with Crippen molar-refractivity contribution < 1.29 is 46.2 Å². The van der Waals surface area contributed by atoms with Crippen LogP contribution in [0.25, 0.3) is 12.2 Å². The maximum Gasteiger partial charge on any atom is 0.275 e. The number of halogens is 5. The lowest BCUT2D eigenvalue weighted by Gasteiger charge is -2.43. The first-order valence-electron chi connectivity index (χ1n) is 24.2. The fourth-order valence-corrected chi connectivity index (χ4v) is 9.24. The first-order chi connectivity index (χ1) is 36.7. The predicted molar refractivity (Wildman–Crippen MR) is 274 cm³/mol. The smallest absolute Gasteiger partial charge is 0.275 e. The highest BCUT2D eigenvalue weighted by molar-refractivity contribution is 6.31. The van der Waals surface area contributed by atoms with Crippen molar-refractivity contribution in [2.75, 3.05) is 49.3 Å². The Bertz CT molecular complexity index is 3480. The van der Waals surface area contributed by atoms with E-state index in [1.165, 1.54) is 59.6 Å². The number of nitriles is 1. The molecule has 400 valence electrons. The summed E-state index contributed by atoms with van der Waals surface area (Å²) in [7, 11) is 0. The number of ether oxygens (including phenoxy) is 2. The van der Waals surface area contributed by atoms with Crippen LogP contribution in [0.3, 0.4) is 0 Å². The van der Waals surface area contributed by atoms with Crippen LogP contribution in [0.2, 0.25) is 5.02 Å². The van der Waals surface area contributed by atoms with Crippen LogP contribution >= 0.6 is 11.6 Å². The van der Waals surface area contributed by atoms with Crippen molar-refractivity contribution in [1.82, 2.24) is 34.7 Å². The van der Waals surface area contributed by atoms with Crippen molar-refractivity contribution in [3.8, 4) is 6.07 Å². The molecule has 2 fully saturated rings. The monoisotopic (exact) mass is 1080 g/mol. The summed E-state index contributed by atoms with van der Waals surface area (Å²) >= 11 is 6.63. The molecule has 2 aliphatic rings. The molecule has 3 aromatic heterocycles. The molecule has 8 rings (SSSR count). The molecule has 4 amide bonds. The van der Waals surface area contributed by atoms with Crippen LogP contribution in [0.5, 0.6) is 0 Å². The second-order valence-electron chi connectivity index (χ2n) is 19.3. The van der Waals surface area contributed by atoms with E-state index in [-0.39, 0.29) is 64.4 Å². The number of anilines is 2. The van der Waals surface area contributed by atoms with E-state index in [2.05, 4.69) is 25.3 Å². The molecule has 6 aromatic rings. The third kappa shape index (κ3) is 12.9.